The molecule has 3 heteroatoms. The predicted octanol–water partition coefficient (Wildman–Crippen LogP) is 3.44. The summed E-state index contributed by atoms with van der Waals surface area (Å²) in [5.74, 6) is 0. The summed E-state index contributed by atoms with van der Waals surface area (Å²) < 4.78 is 5.21. The van der Waals surface area contributed by atoms with Gasteiger partial charge in [0.25, 0.3) is 0 Å². The van der Waals surface area contributed by atoms with E-state index in [1.54, 1.807) is 0 Å². The number of nitrogens with zero attached hydrogens (tertiary/aromatic N) is 1. The van der Waals surface area contributed by atoms with Crippen molar-refractivity contribution in [3.05, 3.63) is 41.6 Å². The average Bonchev–Trinajstić information content (AvgIpc) is 2.82. The summed E-state index contributed by atoms with van der Waals surface area (Å²) in [4.78, 5) is 3.34. The van der Waals surface area contributed by atoms with Crippen molar-refractivity contribution in [2.75, 3.05) is 0 Å². The van der Waals surface area contributed by atoms with Gasteiger partial charge in [0, 0.05) is 11.6 Å². The van der Waals surface area contributed by atoms with Gasteiger partial charge in [-0.3, -0.25) is 0 Å². The number of nitrogens with one attached hydrogen (secondary N) is 1. The molecule has 0 aliphatic heterocycles. The quantitative estimate of drug-likeness (QED) is 0.671. The van der Waals surface area contributed by atoms with Gasteiger partial charge in [-0.05, 0) is 19.4 Å². The SMILES string of the molecule is Cc1ccccc1-c1cc2onc(C)c2[nH]1. The summed E-state index contributed by atoms with van der Waals surface area (Å²) in [6, 6.07) is 10.3. The Hall–Kier alpha value is -2.03. The van der Waals surface area contributed by atoms with E-state index in [4.69, 9.17) is 4.52 Å². The first-order valence-corrected chi connectivity index (χ1v) is 5.27. The Balaban J connectivity index is 2.23. The van der Waals surface area contributed by atoms with Gasteiger partial charge in [0.2, 0.25) is 0 Å². The number of H-pyrrole nitrogens is 1. The third-order valence-electron chi connectivity index (χ3n) is 2.86. The highest BCUT2D eigenvalue weighted by molar-refractivity contribution is 5.83. The standard InChI is InChI=1S/C13H12N2O/c1-8-5-3-4-6-10(8)11-7-12-13(14-11)9(2)15-16-12/h3-7,14H,1-2H3. The normalized spacial score (nSPS) is 11.1. The average molecular weight is 212 g/mol. The highest BCUT2D eigenvalue weighted by Gasteiger charge is 2.10. The Bertz CT molecular complexity index is 649. The minimum absolute atomic E-state index is 0.816. The number of aryl methyl sites for hydroxylation is 2. The molecule has 2 aromatic heterocycles. The van der Waals surface area contributed by atoms with E-state index in [9.17, 15) is 0 Å². The van der Waals surface area contributed by atoms with Crippen LogP contribution in [0.1, 0.15) is 11.3 Å². The van der Waals surface area contributed by atoms with Crippen molar-refractivity contribution in [3.63, 3.8) is 0 Å². The van der Waals surface area contributed by atoms with Crippen molar-refractivity contribution in [2.45, 2.75) is 13.8 Å². The van der Waals surface area contributed by atoms with E-state index in [1.807, 2.05) is 25.1 Å². The predicted molar refractivity (Wildman–Crippen MR) is 63.3 cm³/mol. The second kappa shape index (κ2) is 3.23. The van der Waals surface area contributed by atoms with E-state index in [0.29, 0.717) is 0 Å². The second-order valence-corrected chi connectivity index (χ2v) is 4.01. The monoisotopic (exact) mass is 212 g/mol. The number of rotatable bonds is 1. The fraction of sp³-hybridized carbons (Fsp3) is 0.154. The molecule has 3 rings (SSSR count). The van der Waals surface area contributed by atoms with Crippen LogP contribution in [-0.4, -0.2) is 10.1 Å². The smallest absolute Gasteiger partial charge is 0.185 e. The number of aromatic amines is 1. The van der Waals surface area contributed by atoms with E-state index in [0.717, 1.165) is 22.5 Å². The van der Waals surface area contributed by atoms with E-state index in [1.165, 1.54) is 11.1 Å². The topological polar surface area (TPSA) is 41.8 Å². The van der Waals surface area contributed by atoms with E-state index < -0.39 is 0 Å². The third kappa shape index (κ3) is 1.25. The maximum atomic E-state index is 5.21. The van der Waals surface area contributed by atoms with Crippen molar-refractivity contribution < 1.29 is 4.52 Å². The summed E-state index contributed by atoms with van der Waals surface area (Å²) in [6.07, 6.45) is 0. The first-order valence-electron chi connectivity index (χ1n) is 5.27. The van der Waals surface area contributed by atoms with Crippen LogP contribution >= 0.6 is 0 Å². The van der Waals surface area contributed by atoms with Gasteiger partial charge in [-0.1, -0.05) is 29.4 Å². The molecule has 0 aliphatic rings. The molecule has 0 spiro atoms. The second-order valence-electron chi connectivity index (χ2n) is 4.01. The van der Waals surface area contributed by atoms with Gasteiger partial charge in [0.05, 0.1) is 5.69 Å². The first-order chi connectivity index (χ1) is 7.75. The molecule has 0 unspecified atom stereocenters. The Morgan fingerprint density at radius 3 is 2.75 bits per heavy atom. The number of benzene rings is 1. The molecule has 0 radical (unpaired) electrons. The Morgan fingerprint density at radius 1 is 1.19 bits per heavy atom. The minimum Gasteiger partial charge on any atom is -0.354 e. The van der Waals surface area contributed by atoms with Crippen molar-refractivity contribution in [1.82, 2.24) is 10.1 Å². The lowest BCUT2D eigenvalue weighted by Gasteiger charge is -2.01. The summed E-state index contributed by atoms with van der Waals surface area (Å²) in [5.41, 5.74) is 6.23. The molecule has 16 heavy (non-hydrogen) atoms. The maximum absolute atomic E-state index is 5.21. The number of hydrogen-bond donors (Lipinski definition) is 1. The molecule has 0 saturated heterocycles. The van der Waals surface area contributed by atoms with Crippen molar-refractivity contribution in [1.29, 1.82) is 0 Å². The van der Waals surface area contributed by atoms with Crippen LogP contribution in [0.3, 0.4) is 0 Å². The minimum atomic E-state index is 0.816. The molecular weight excluding hydrogens is 200 g/mol. The van der Waals surface area contributed by atoms with Gasteiger partial charge in [0.1, 0.15) is 11.2 Å². The number of fused-ring (bicyclic) bond motifs is 1. The molecule has 3 nitrogen and oxygen atoms in total. The van der Waals surface area contributed by atoms with Crippen LogP contribution in [0.25, 0.3) is 22.4 Å². The van der Waals surface area contributed by atoms with Crippen LogP contribution in [0.15, 0.2) is 34.9 Å². The highest BCUT2D eigenvalue weighted by atomic mass is 16.5. The summed E-state index contributed by atoms with van der Waals surface area (Å²) in [6.45, 7) is 4.03. The van der Waals surface area contributed by atoms with Crippen LogP contribution in [0.4, 0.5) is 0 Å². The molecule has 0 amide bonds. The molecule has 0 fully saturated rings. The zero-order valence-corrected chi connectivity index (χ0v) is 9.24. The van der Waals surface area contributed by atoms with Gasteiger partial charge < -0.3 is 9.51 Å². The van der Waals surface area contributed by atoms with Crippen LogP contribution in [0.5, 0.6) is 0 Å². The van der Waals surface area contributed by atoms with Gasteiger partial charge in [-0.25, -0.2) is 0 Å². The molecule has 0 aliphatic carbocycles. The Labute approximate surface area is 93.1 Å². The molecule has 0 atom stereocenters. The first kappa shape index (κ1) is 9.21. The number of aromatic nitrogens is 2. The van der Waals surface area contributed by atoms with Crippen molar-refractivity contribution >= 4 is 11.1 Å². The summed E-state index contributed by atoms with van der Waals surface area (Å²) >= 11 is 0. The van der Waals surface area contributed by atoms with Gasteiger partial charge >= 0.3 is 0 Å². The largest absolute Gasteiger partial charge is 0.354 e. The van der Waals surface area contributed by atoms with Crippen molar-refractivity contribution in [2.24, 2.45) is 0 Å². The number of hydrogen-bond acceptors (Lipinski definition) is 2. The molecule has 0 saturated carbocycles. The molecule has 80 valence electrons. The fourth-order valence-electron chi connectivity index (χ4n) is 1.96. The van der Waals surface area contributed by atoms with Crippen LogP contribution in [0.2, 0.25) is 0 Å². The summed E-state index contributed by atoms with van der Waals surface area (Å²) in [7, 11) is 0. The Morgan fingerprint density at radius 2 is 2.00 bits per heavy atom. The van der Waals surface area contributed by atoms with E-state index in [2.05, 4.69) is 29.2 Å². The molecule has 3 aromatic rings. The molecule has 1 N–H and O–H groups in total. The lowest BCUT2D eigenvalue weighted by atomic mass is 10.1. The van der Waals surface area contributed by atoms with Crippen LogP contribution < -0.4 is 0 Å². The molecular formula is C13H12N2O. The molecule has 1 aromatic carbocycles. The summed E-state index contributed by atoms with van der Waals surface area (Å²) in [5, 5.41) is 3.91. The van der Waals surface area contributed by atoms with Gasteiger partial charge in [-0.2, -0.15) is 0 Å². The van der Waals surface area contributed by atoms with E-state index >= 15 is 0 Å². The molecule has 0 bridgehead atoms. The highest BCUT2D eigenvalue weighted by Crippen LogP contribution is 2.27. The van der Waals surface area contributed by atoms with Crippen LogP contribution in [0, 0.1) is 13.8 Å². The van der Waals surface area contributed by atoms with E-state index in [-0.39, 0.29) is 0 Å². The zero-order valence-electron chi connectivity index (χ0n) is 9.24. The zero-order chi connectivity index (χ0) is 11.1. The Kier molecular flexibility index (Phi) is 1.86. The van der Waals surface area contributed by atoms with Gasteiger partial charge in [-0.15, -0.1) is 0 Å². The maximum Gasteiger partial charge on any atom is 0.185 e. The third-order valence-corrected chi connectivity index (χ3v) is 2.86. The van der Waals surface area contributed by atoms with Crippen molar-refractivity contribution in [3.8, 4) is 11.3 Å². The lowest BCUT2D eigenvalue weighted by Crippen LogP contribution is -1.82. The van der Waals surface area contributed by atoms with Crippen LogP contribution in [-0.2, 0) is 0 Å². The fourth-order valence-corrected chi connectivity index (χ4v) is 1.96. The molecule has 2 heterocycles. The van der Waals surface area contributed by atoms with Gasteiger partial charge in [0.15, 0.2) is 5.58 Å². The lowest BCUT2D eigenvalue weighted by molar-refractivity contribution is 0.450.